The van der Waals surface area contributed by atoms with Gasteiger partial charge in [-0.05, 0) is 69.0 Å². The zero-order valence-corrected chi connectivity index (χ0v) is 19.2. The first-order chi connectivity index (χ1) is 15.0. The molecule has 2 N–H and O–H groups in total. The van der Waals surface area contributed by atoms with Crippen molar-refractivity contribution in [3.8, 4) is 17.2 Å². The van der Waals surface area contributed by atoms with Crippen LogP contribution >= 0.6 is 0 Å². The standard InChI is InChI=1S/C22H26N2O7S/c1-5-30-22(27)21(26)23-15-10-13(2)20(14(3)11-15)31-17-8-9-18(25)19(12-17)32(28,29)24(4)16-6-7-16/h8-12,16,25H,5-7H2,1-4H3,(H,23,26). The molecule has 9 nitrogen and oxygen atoms in total. The SMILES string of the molecule is CCOC(=O)C(=O)Nc1cc(C)c(Oc2ccc(O)c(S(=O)(=O)N(C)C3CC3)c2)c(C)c1. The summed E-state index contributed by atoms with van der Waals surface area (Å²) in [6.45, 7) is 5.20. The number of aryl methyl sites for hydroxylation is 2. The fraction of sp³-hybridized carbons (Fsp3) is 0.364. The summed E-state index contributed by atoms with van der Waals surface area (Å²) in [5.41, 5.74) is 1.69. The number of phenolic OH excluding ortho intramolecular Hbond substituents is 1. The number of benzene rings is 2. The van der Waals surface area contributed by atoms with Crippen molar-refractivity contribution in [2.45, 2.75) is 44.6 Å². The van der Waals surface area contributed by atoms with Gasteiger partial charge in [0.2, 0.25) is 10.0 Å². The van der Waals surface area contributed by atoms with Crippen molar-refractivity contribution in [1.29, 1.82) is 0 Å². The maximum Gasteiger partial charge on any atom is 0.397 e. The Hall–Kier alpha value is -3.11. The zero-order valence-electron chi connectivity index (χ0n) is 18.3. The number of rotatable bonds is 7. The van der Waals surface area contributed by atoms with E-state index in [0.717, 1.165) is 12.8 Å². The van der Waals surface area contributed by atoms with Crippen LogP contribution in [0.2, 0.25) is 0 Å². The highest BCUT2D eigenvalue weighted by Gasteiger charge is 2.36. The first kappa shape index (κ1) is 23.6. The molecule has 0 aromatic heterocycles. The van der Waals surface area contributed by atoms with Gasteiger partial charge in [0.05, 0.1) is 6.61 Å². The molecule has 0 heterocycles. The molecule has 32 heavy (non-hydrogen) atoms. The number of sulfonamides is 1. The Bertz CT molecular complexity index is 1130. The lowest BCUT2D eigenvalue weighted by Gasteiger charge is -2.19. The third kappa shape index (κ3) is 5.03. The van der Waals surface area contributed by atoms with Crippen molar-refractivity contribution in [3.63, 3.8) is 0 Å². The van der Waals surface area contributed by atoms with Crippen LogP contribution in [0.15, 0.2) is 35.2 Å². The minimum atomic E-state index is -3.86. The Morgan fingerprint density at radius 2 is 1.78 bits per heavy atom. The van der Waals surface area contributed by atoms with Crippen LogP contribution in [0.25, 0.3) is 0 Å². The van der Waals surface area contributed by atoms with E-state index < -0.39 is 21.9 Å². The lowest BCUT2D eigenvalue weighted by molar-refractivity contribution is -0.152. The molecule has 0 atom stereocenters. The van der Waals surface area contributed by atoms with E-state index in [9.17, 15) is 23.1 Å². The van der Waals surface area contributed by atoms with Gasteiger partial charge in [0.25, 0.3) is 0 Å². The molecule has 0 radical (unpaired) electrons. The van der Waals surface area contributed by atoms with Crippen molar-refractivity contribution in [2.75, 3.05) is 19.0 Å². The lowest BCUT2D eigenvalue weighted by atomic mass is 10.1. The zero-order chi connectivity index (χ0) is 23.6. The highest BCUT2D eigenvalue weighted by molar-refractivity contribution is 7.89. The molecule has 1 aliphatic rings. The fourth-order valence-electron chi connectivity index (χ4n) is 3.23. The van der Waals surface area contributed by atoms with Gasteiger partial charge in [-0.15, -0.1) is 0 Å². The van der Waals surface area contributed by atoms with Crippen LogP contribution in [0.3, 0.4) is 0 Å². The summed E-state index contributed by atoms with van der Waals surface area (Å²) >= 11 is 0. The summed E-state index contributed by atoms with van der Waals surface area (Å²) in [6.07, 6.45) is 1.59. The van der Waals surface area contributed by atoms with Crippen LogP contribution in [-0.4, -0.2) is 49.4 Å². The Morgan fingerprint density at radius 1 is 1.16 bits per heavy atom. The van der Waals surface area contributed by atoms with Crippen LogP contribution in [0.1, 0.15) is 30.9 Å². The number of hydrogen-bond donors (Lipinski definition) is 2. The first-order valence-corrected chi connectivity index (χ1v) is 11.6. The molecule has 0 bridgehead atoms. The largest absolute Gasteiger partial charge is 0.507 e. The van der Waals surface area contributed by atoms with Crippen LogP contribution in [0, 0.1) is 13.8 Å². The van der Waals surface area contributed by atoms with E-state index in [1.54, 1.807) is 32.9 Å². The molecule has 172 valence electrons. The highest BCUT2D eigenvalue weighted by atomic mass is 32.2. The van der Waals surface area contributed by atoms with E-state index in [2.05, 4.69) is 10.1 Å². The molecule has 2 aromatic carbocycles. The van der Waals surface area contributed by atoms with Crippen molar-refractivity contribution in [2.24, 2.45) is 0 Å². The second-order valence-electron chi connectivity index (χ2n) is 7.60. The van der Waals surface area contributed by atoms with Gasteiger partial charge < -0.3 is 19.9 Å². The molecule has 0 unspecified atom stereocenters. The van der Waals surface area contributed by atoms with Crippen molar-refractivity contribution >= 4 is 27.6 Å². The van der Waals surface area contributed by atoms with Gasteiger partial charge in [0.15, 0.2) is 0 Å². The summed E-state index contributed by atoms with van der Waals surface area (Å²) < 4.78 is 37.6. The molecule has 2 aromatic rings. The number of ether oxygens (including phenoxy) is 2. The number of esters is 1. The summed E-state index contributed by atoms with van der Waals surface area (Å²) in [4.78, 5) is 23.2. The molecule has 0 spiro atoms. The predicted octanol–water partition coefficient (Wildman–Crippen LogP) is 3.09. The summed E-state index contributed by atoms with van der Waals surface area (Å²) in [5.74, 6) is -1.51. The summed E-state index contributed by atoms with van der Waals surface area (Å²) in [5, 5.41) is 12.6. The van der Waals surface area contributed by atoms with Crippen molar-refractivity contribution in [3.05, 3.63) is 41.5 Å². The van der Waals surface area contributed by atoms with E-state index in [4.69, 9.17) is 4.74 Å². The van der Waals surface area contributed by atoms with Crippen LogP contribution < -0.4 is 10.1 Å². The fourth-order valence-corrected chi connectivity index (χ4v) is 4.75. The van der Waals surface area contributed by atoms with Gasteiger partial charge in [-0.1, -0.05) is 0 Å². The normalized spacial score (nSPS) is 13.7. The molecule has 10 heteroatoms. The molecule has 1 fully saturated rings. The number of amides is 1. The minimum Gasteiger partial charge on any atom is -0.507 e. The van der Waals surface area contributed by atoms with Crippen molar-refractivity contribution in [1.82, 2.24) is 4.31 Å². The number of aromatic hydroxyl groups is 1. The third-order valence-electron chi connectivity index (χ3n) is 5.05. The Morgan fingerprint density at radius 3 is 2.34 bits per heavy atom. The molecular formula is C22H26N2O7S. The molecule has 1 aliphatic carbocycles. The van der Waals surface area contributed by atoms with Gasteiger partial charge >= 0.3 is 11.9 Å². The average Bonchev–Trinajstić information content (AvgIpc) is 3.56. The average molecular weight is 463 g/mol. The quantitative estimate of drug-likeness (QED) is 0.479. The number of hydrogen-bond acceptors (Lipinski definition) is 7. The lowest BCUT2D eigenvalue weighted by Crippen LogP contribution is -2.29. The number of anilines is 1. The van der Waals surface area contributed by atoms with E-state index in [-0.39, 0.29) is 29.0 Å². The number of phenols is 1. The first-order valence-electron chi connectivity index (χ1n) is 10.1. The van der Waals surface area contributed by atoms with E-state index in [0.29, 0.717) is 22.6 Å². The van der Waals surface area contributed by atoms with Gasteiger partial charge in [-0.2, -0.15) is 4.31 Å². The minimum absolute atomic E-state index is 0.0502. The van der Waals surface area contributed by atoms with Gasteiger partial charge in [-0.3, -0.25) is 4.79 Å². The van der Waals surface area contributed by atoms with Gasteiger partial charge in [0.1, 0.15) is 22.1 Å². The Kier molecular flexibility index (Phi) is 6.75. The second kappa shape index (κ2) is 9.17. The van der Waals surface area contributed by atoms with Crippen LogP contribution in [0.4, 0.5) is 5.69 Å². The molecule has 0 saturated heterocycles. The van der Waals surface area contributed by atoms with Crippen molar-refractivity contribution < 1.29 is 32.6 Å². The Labute approximate surface area is 187 Å². The van der Waals surface area contributed by atoms with Gasteiger partial charge in [0, 0.05) is 24.8 Å². The predicted molar refractivity (Wildman–Crippen MR) is 117 cm³/mol. The van der Waals surface area contributed by atoms with Gasteiger partial charge in [-0.25, -0.2) is 13.2 Å². The maximum atomic E-state index is 12.9. The van der Waals surface area contributed by atoms with E-state index in [1.165, 1.54) is 29.6 Å². The third-order valence-corrected chi connectivity index (χ3v) is 6.99. The van der Waals surface area contributed by atoms with Crippen LogP contribution in [0.5, 0.6) is 17.2 Å². The maximum absolute atomic E-state index is 12.9. The molecular weight excluding hydrogens is 436 g/mol. The summed E-state index contributed by atoms with van der Waals surface area (Å²) in [6, 6.07) is 7.24. The number of carbonyl (C=O) groups excluding carboxylic acids is 2. The second-order valence-corrected chi connectivity index (χ2v) is 9.56. The molecule has 0 aliphatic heterocycles. The molecule has 1 amide bonds. The molecule has 1 saturated carbocycles. The van der Waals surface area contributed by atoms with E-state index >= 15 is 0 Å². The smallest absolute Gasteiger partial charge is 0.397 e. The summed E-state index contributed by atoms with van der Waals surface area (Å²) in [7, 11) is -2.36. The molecule has 3 rings (SSSR count). The van der Waals surface area contributed by atoms with Crippen LogP contribution in [-0.2, 0) is 24.3 Å². The highest BCUT2D eigenvalue weighted by Crippen LogP contribution is 2.37. The topological polar surface area (TPSA) is 122 Å². The number of nitrogens with one attached hydrogen (secondary N) is 1. The number of carbonyl (C=O) groups is 2. The Balaban J connectivity index is 1.84. The monoisotopic (exact) mass is 462 g/mol. The van der Waals surface area contributed by atoms with E-state index in [1.807, 2.05) is 0 Å². The number of nitrogens with zero attached hydrogens (tertiary/aromatic N) is 1.